The molecule has 0 saturated heterocycles. The largest absolute Gasteiger partial charge is 0.481 e. The highest BCUT2D eigenvalue weighted by Crippen LogP contribution is 2.26. The molecule has 1 heterocycles. The molecule has 1 aliphatic rings. The zero-order valence-electron chi connectivity index (χ0n) is 15.2. The van der Waals surface area contributed by atoms with Crippen molar-refractivity contribution in [2.75, 3.05) is 17.2 Å². The maximum atomic E-state index is 11.1. The van der Waals surface area contributed by atoms with Crippen molar-refractivity contribution in [3.05, 3.63) is 41.2 Å². The molecule has 0 amide bonds. The first-order valence-electron chi connectivity index (χ1n) is 9.21. The molecule has 0 spiro atoms. The Morgan fingerprint density at radius 3 is 2.48 bits per heavy atom. The summed E-state index contributed by atoms with van der Waals surface area (Å²) in [4.78, 5) is 23.7. The second-order valence-corrected chi connectivity index (χ2v) is 7.31. The van der Waals surface area contributed by atoms with Crippen LogP contribution in [-0.4, -0.2) is 38.6 Å². The molecule has 1 fully saturated rings. The molecule has 1 unspecified atom stereocenters. The van der Waals surface area contributed by atoms with Gasteiger partial charge < -0.3 is 15.7 Å². The van der Waals surface area contributed by atoms with E-state index in [2.05, 4.69) is 44.6 Å². The van der Waals surface area contributed by atoms with Crippen molar-refractivity contribution in [2.45, 2.75) is 44.6 Å². The molecule has 144 valence electrons. The number of aromatic nitrogens is 3. The average molecular weight is 390 g/mol. The summed E-state index contributed by atoms with van der Waals surface area (Å²) in [5, 5.41) is 15.7. The van der Waals surface area contributed by atoms with Crippen LogP contribution in [0.5, 0.6) is 0 Å². The van der Waals surface area contributed by atoms with E-state index in [1.165, 1.54) is 5.56 Å². The van der Waals surface area contributed by atoms with Crippen LogP contribution in [0.2, 0.25) is 5.28 Å². The third-order valence-electron chi connectivity index (χ3n) is 4.95. The fourth-order valence-electron chi connectivity index (χ4n) is 3.30. The van der Waals surface area contributed by atoms with E-state index in [9.17, 15) is 4.79 Å². The zero-order valence-corrected chi connectivity index (χ0v) is 16.0. The van der Waals surface area contributed by atoms with Crippen LogP contribution in [0.4, 0.5) is 11.9 Å². The summed E-state index contributed by atoms with van der Waals surface area (Å²) in [6, 6.07) is 10.4. The van der Waals surface area contributed by atoms with Gasteiger partial charge in [-0.2, -0.15) is 15.0 Å². The number of carbonyl (C=O) groups is 1. The molecular formula is C19H24ClN5O2. The van der Waals surface area contributed by atoms with E-state index in [1.807, 2.05) is 18.2 Å². The number of carboxylic acid groups (broad SMARTS) is 1. The summed E-state index contributed by atoms with van der Waals surface area (Å²) in [5.41, 5.74) is 1.23. The van der Waals surface area contributed by atoms with Crippen LogP contribution < -0.4 is 10.6 Å². The van der Waals surface area contributed by atoms with Crippen LogP contribution in [-0.2, 0) is 4.79 Å². The number of anilines is 2. The predicted molar refractivity (Wildman–Crippen MR) is 105 cm³/mol. The molecule has 1 aliphatic carbocycles. The molecule has 7 nitrogen and oxygen atoms in total. The van der Waals surface area contributed by atoms with Crippen molar-refractivity contribution in [1.29, 1.82) is 0 Å². The second kappa shape index (κ2) is 8.99. The number of hydrogen-bond donors (Lipinski definition) is 3. The standard InChI is InChI=1S/C19H24ClN5O2/c1-12(13-5-3-2-4-6-13)11-21-18-23-17(20)24-19(25-18)22-15-9-7-14(8-10-15)16(26)27/h2-6,12,14-15H,7-11H2,1H3,(H,26,27)(H2,21,22,23,24,25). The molecule has 2 aromatic rings. The quantitative estimate of drug-likeness (QED) is 0.662. The third kappa shape index (κ3) is 5.53. The second-order valence-electron chi connectivity index (χ2n) is 6.98. The summed E-state index contributed by atoms with van der Waals surface area (Å²) in [6.07, 6.45) is 2.86. The van der Waals surface area contributed by atoms with Crippen molar-refractivity contribution < 1.29 is 9.90 Å². The minimum Gasteiger partial charge on any atom is -0.481 e. The van der Waals surface area contributed by atoms with Gasteiger partial charge in [-0.3, -0.25) is 4.79 Å². The molecule has 1 aromatic carbocycles. The molecule has 0 aliphatic heterocycles. The highest BCUT2D eigenvalue weighted by Gasteiger charge is 2.26. The van der Waals surface area contributed by atoms with Gasteiger partial charge >= 0.3 is 5.97 Å². The van der Waals surface area contributed by atoms with Gasteiger partial charge in [-0.1, -0.05) is 37.3 Å². The summed E-state index contributed by atoms with van der Waals surface area (Å²) in [7, 11) is 0. The Morgan fingerprint density at radius 1 is 1.15 bits per heavy atom. The summed E-state index contributed by atoms with van der Waals surface area (Å²) in [6.45, 7) is 2.80. The SMILES string of the molecule is CC(CNc1nc(Cl)nc(NC2CCC(C(=O)O)CC2)n1)c1ccccc1. The van der Waals surface area contributed by atoms with Gasteiger partial charge in [0.15, 0.2) is 0 Å². The summed E-state index contributed by atoms with van der Waals surface area (Å²) < 4.78 is 0. The highest BCUT2D eigenvalue weighted by atomic mass is 35.5. The Bertz CT molecular complexity index is 766. The number of rotatable bonds is 7. The van der Waals surface area contributed by atoms with Gasteiger partial charge in [-0.25, -0.2) is 0 Å². The molecule has 27 heavy (non-hydrogen) atoms. The van der Waals surface area contributed by atoms with E-state index in [4.69, 9.17) is 16.7 Å². The van der Waals surface area contributed by atoms with Crippen LogP contribution in [0.25, 0.3) is 0 Å². The normalized spacial score (nSPS) is 20.7. The summed E-state index contributed by atoms with van der Waals surface area (Å²) in [5.74, 6) is 0.185. The zero-order chi connectivity index (χ0) is 19.2. The van der Waals surface area contributed by atoms with Gasteiger partial charge in [0.2, 0.25) is 17.2 Å². The highest BCUT2D eigenvalue weighted by molar-refractivity contribution is 6.28. The lowest BCUT2D eigenvalue weighted by molar-refractivity contribution is -0.142. The summed E-state index contributed by atoms with van der Waals surface area (Å²) >= 11 is 6.04. The molecule has 1 aromatic heterocycles. The van der Waals surface area contributed by atoms with Gasteiger partial charge in [0.05, 0.1) is 5.92 Å². The maximum Gasteiger partial charge on any atom is 0.306 e. The molecule has 0 bridgehead atoms. The fourth-order valence-corrected chi connectivity index (χ4v) is 3.46. The van der Waals surface area contributed by atoms with E-state index in [-0.39, 0.29) is 17.2 Å². The number of nitrogens with one attached hydrogen (secondary N) is 2. The first kappa shape index (κ1) is 19.4. The van der Waals surface area contributed by atoms with Crippen molar-refractivity contribution >= 4 is 29.5 Å². The van der Waals surface area contributed by atoms with Crippen molar-refractivity contribution in [2.24, 2.45) is 5.92 Å². The molecular weight excluding hydrogens is 366 g/mol. The van der Waals surface area contributed by atoms with E-state index in [1.54, 1.807) is 0 Å². The monoisotopic (exact) mass is 389 g/mol. The van der Waals surface area contributed by atoms with Gasteiger partial charge in [0.25, 0.3) is 0 Å². The minimum atomic E-state index is -0.712. The Labute approximate surface area is 163 Å². The number of halogens is 1. The van der Waals surface area contributed by atoms with Gasteiger partial charge in [-0.05, 0) is 48.8 Å². The fraction of sp³-hybridized carbons (Fsp3) is 0.474. The van der Waals surface area contributed by atoms with Crippen molar-refractivity contribution in [3.8, 4) is 0 Å². The number of hydrogen-bond acceptors (Lipinski definition) is 6. The van der Waals surface area contributed by atoms with Crippen molar-refractivity contribution in [3.63, 3.8) is 0 Å². The minimum absolute atomic E-state index is 0.126. The molecule has 8 heteroatoms. The van der Waals surface area contributed by atoms with E-state index >= 15 is 0 Å². The lowest BCUT2D eigenvalue weighted by Gasteiger charge is -2.26. The lowest BCUT2D eigenvalue weighted by Crippen LogP contribution is -2.30. The number of carboxylic acids is 1. The predicted octanol–water partition coefficient (Wildman–Crippen LogP) is 3.80. The number of aliphatic carboxylic acids is 1. The Morgan fingerprint density at radius 2 is 1.81 bits per heavy atom. The molecule has 0 radical (unpaired) electrons. The molecule has 1 saturated carbocycles. The Hall–Kier alpha value is -2.41. The van der Waals surface area contributed by atoms with Gasteiger partial charge in [-0.15, -0.1) is 0 Å². The maximum absolute atomic E-state index is 11.1. The van der Waals surface area contributed by atoms with E-state index < -0.39 is 5.97 Å². The number of benzene rings is 1. The van der Waals surface area contributed by atoms with Crippen LogP contribution in [0, 0.1) is 5.92 Å². The molecule has 1 atom stereocenters. The first-order chi connectivity index (χ1) is 13.0. The van der Waals surface area contributed by atoms with E-state index in [0.29, 0.717) is 37.2 Å². The van der Waals surface area contributed by atoms with Crippen LogP contribution in [0.15, 0.2) is 30.3 Å². The van der Waals surface area contributed by atoms with Crippen LogP contribution in [0.1, 0.15) is 44.1 Å². The van der Waals surface area contributed by atoms with Crippen LogP contribution >= 0.6 is 11.6 Å². The average Bonchev–Trinajstić information content (AvgIpc) is 2.67. The van der Waals surface area contributed by atoms with E-state index in [0.717, 1.165) is 12.8 Å². The smallest absolute Gasteiger partial charge is 0.306 e. The number of nitrogens with zero attached hydrogens (tertiary/aromatic N) is 3. The molecule has 3 rings (SSSR count). The third-order valence-corrected chi connectivity index (χ3v) is 5.12. The first-order valence-corrected chi connectivity index (χ1v) is 9.59. The Balaban J connectivity index is 1.57. The van der Waals surface area contributed by atoms with Crippen LogP contribution in [0.3, 0.4) is 0 Å². The Kier molecular flexibility index (Phi) is 6.45. The van der Waals surface area contributed by atoms with Gasteiger partial charge in [0.1, 0.15) is 0 Å². The lowest BCUT2D eigenvalue weighted by atomic mass is 9.86. The van der Waals surface area contributed by atoms with Gasteiger partial charge in [0, 0.05) is 12.6 Å². The molecule has 3 N–H and O–H groups in total. The topological polar surface area (TPSA) is 100 Å². The van der Waals surface area contributed by atoms with Crippen molar-refractivity contribution in [1.82, 2.24) is 15.0 Å².